The van der Waals surface area contributed by atoms with Crippen molar-refractivity contribution in [3.05, 3.63) is 58.5 Å². The molecule has 1 saturated heterocycles. The molecule has 34 heavy (non-hydrogen) atoms. The second-order valence-corrected chi connectivity index (χ2v) is 8.94. The second kappa shape index (κ2) is 9.29. The van der Waals surface area contributed by atoms with Gasteiger partial charge in [0.2, 0.25) is 17.5 Å². The molecule has 1 N–H and O–H groups in total. The topological polar surface area (TPSA) is 108 Å². The summed E-state index contributed by atoms with van der Waals surface area (Å²) in [6.07, 6.45) is 2.67. The molecule has 1 aliphatic rings. The van der Waals surface area contributed by atoms with Crippen LogP contribution in [0.3, 0.4) is 0 Å². The van der Waals surface area contributed by atoms with Gasteiger partial charge in [0.05, 0.1) is 17.0 Å². The van der Waals surface area contributed by atoms with Crippen molar-refractivity contribution in [2.24, 2.45) is 5.92 Å². The van der Waals surface area contributed by atoms with Gasteiger partial charge >= 0.3 is 0 Å². The summed E-state index contributed by atoms with van der Waals surface area (Å²) in [5, 5.41) is 14.6. The molecule has 3 aromatic heterocycles. The number of piperidine rings is 1. The zero-order valence-electron chi connectivity index (χ0n) is 17.6. The number of oxazole rings is 1. The van der Waals surface area contributed by atoms with Gasteiger partial charge in [-0.15, -0.1) is 11.3 Å². The van der Waals surface area contributed by atoms with E-state index in [9.17, 15) is 14.4 Å². The summed E-state index contributed by atoms with van der Waals surface area (Å²) in [7, 11) is 0. The van der Waals surface area contributed by atoms with E-state index < -0.39 is 5.82 Å². The molecule has 1 fully saturated rings. The van der Waals surface area contributed by atoms with Gasteiger partial charge in [-0.1, -0.05) is 11.6 Å². The number of benzene rings is 1. The van der Waals surface area contributed by atoms with Crippen LogP contribution in [0.1, 0.15) is 18.5 Å². The Morgan fingerprint density at radius 3 is 2.82 bits per heavy atom. The predicted octanol–water partition coefficient (Wildman–Crippen LogP) is 5.58. The number of halogens is 2. The molecule has 0 saturated carbocycles. The van der Waals surface area contributed by atoms with E-state index in [0.717, 1.165) is 0 Å². The molecule has 0 aliphatic carbocycles. The van der Waals surface area contributed by atoms with Crippen LogP contribution in [-0.4, -0.2) is 29.0 Å². The number of rotatable bonds is 5. The van der Waals surface area contributed by atoms with E-state index in [-0.39, 0.29) is 28.4 Å². The van der Waals surface area contributed by atoms with Crippen molar-refractivity contribution in [2.45, 2.75) is 12.8 Å². The first kappa shape index (κ1) is 22.1. The third kappa shape index (κ3) is 4.40. The molecule has 4 heterocycles. The highest BCUT2D eigenvalue weighted by Gasteiger charge is 2.29. The van der Waals surface area contributed by atoms with Gasteiger partial charge in [0.1, 0.15) is 11.9 Å². The van der Waals surface area contributed by atoms with Gasteiger partial charge < -0.3 is 19.1 Å². The van der Waals surface area contributed by atoms with Gasteiger partial charge in [0.15, 0.2) is 10.9 Å². The fourth-order valence-corrected chi connectivity index (χ4v) is 4.68. The van der Waals surface area contributed by atoms with Crippen LogP contribution in [0.2, 0.25) is 5.02 Å². The maximum Gasteiger partial charge on any atom is 0.266 e. The normalized spacial score (nSPS) is 14.2. The minimum atomic E-state index is -0.495. The van der Waals surface area contributed by atoms with E-state index in [4.69, 9.17) is 20.4 Å². The lowest BCUT2D eigenvalue weighted by Crippen LogP contribution is -2.38. The Kier molecular flexibility index (Phi) is 6.04. The van der Waals surface area contributed by atoms with E-state index in [2.05, 4.69) is 21.4 Å². The van der Waals surface area contributed by atoms with Crippen molar-refractivity contribution in [1.82, 2.24) is 9.97 Å². The Balaban J connectivity index is 1.21. The molecule has 0 unspecified atom stereocenters. The zero-order valence-corrected chi connectivity index (χ0v) is 19.2. The molecule has 0 bridgehead atoms. The lowest BCUT2D eigenvalue weighted by atomic mass is 9.96. The van der Waals surface area contributed by atoms with Crippen molar-refractivity contribution < 1.29 is 18.0 Å². The van der Waals surface area contributed by atoms with Crippen LogP contribution in [0.15, 0.2) is 50.8 Å². The van der Waals surface area contributed by atoms with Crippen molar-refractivity contribution in [3.63, 3.8) is 0 Å². The van der Waals surface area contributed by atoms with Crippen molar-refractivity contribution in [2.75, 3.05) is 23.3 Å². The maximum atomic E-state index is 13.4. The quantitative estimate of drug-likeness (QED) is 0.383. The van der Waals surface area contributed by atoms with Gasteiger partial charge in [-0.25, -0.2) is 9.37 Å². The number of aromatic nitrogens is 2. The average molecular weight is 498 g/mol. The van der Waals surface area contributed by atoms with Crippen molar-refractivity contribution in [1.29, 1.82) is 5.26 Å². The number of anilines is 2. The minimum absolute atomic E-state index is 0.0189. The van der Waals surface area contributed by atoms with Crippen LogP contribution in [0, 0.1) is 23.1 Å². The SMILES string of the molecule is N#Cc1nc(-c2ccco2)oc1N1CCC(C(=O)Nc2nc(-c3ccc(F)c(Cl)c3)cs2)CC1. The molecule has 1 aliphatic heterocycles. The van der Waals surface area contributed by atoms with E-state index in [1.807, 2.05) is 4.90 Å². The van der Waals surface area contributed by atoms with Gasteiger partial charge in [-0.3, -0.25) is 4.79 Å². The number of furan rings is 1. The summed E-state index contributed by atoms with van der Waals surface area (Å²) in [6, 6.07) is 9.87. The van der Waals surface area contributed by atoms with Crippen LogP contribution in [0.5, 0.6) is 0 Å². The number of nitrogens with zero attached hydrogens (tertiary/aromatic N) is 4. The van der Waals surface area contributed by atoms with Crippen molar-refractivity contribution >= 4 is 39.9 Å². The lowest BCUT2D eigenvalue weighted by Gasteiger charge is -2.30. The van der Waals surface area contributed by atoms with Crippen LogP contribution in [0.25, 0.3) is 22.9 Å². The molecule has 8 nitrogen and oxygen atoms in total. The number of nitrogens with one attached hydrogen (secondary N) is 1. The van der Waals surface area contributed by atoms with Crippen LogP contribution in [-0.2, 0) is 4.79 Å². The third-order valence-electron chi connectivity index (χ3n) is 5.55. The molecule has 0 spiro atoms. The molecule has 4 aromatic rings. The first-order valence-corrected chi connectivity index (χ1v) is 11.7. The Morgan fingerprint density at radius 2 is 2.12 bits per heavy atom. The molecule has 11 heteroatoms. The molecule has 172 valence electrons. The van der Waals surface area contributed by atoms with Crippen molar-refractivity contribution in [3.8, 4) is 29.0 Å². The standard InChI is InChI=1S/C23H17ClFN5O3S/c24-15-10-14(3-4-16(15)25)18-12-34-23(28-18)29-20(31)13-5-7-30(8-6-13)22-17(11-26)27-21(33-22)19-2-1-9-32-19/h1-4,9-10,12-13H,5-8H2,(H,28,29,31). The van der Waals surface area contributed by atoms with Crippen LogP contribution in [0.4, 0.5) is 15.4 Å². The van der Waals surface area contributed by atoms with Crippen LogP contribution < -0.4 is 10.2 Å². The first-order chi connectivity index (χ1) is 16.5. The van der Waals surface area contributed by atoms with Gasteiger partial charge in [-0.05, 0) is 43.2 Å². The Morgan fingerprint density at radius 1 is 1.29 bits per heavy atom. The molecule has 1 amide bonds. The summed E-state index contributed by atoms with van der Waals surface area (Å²) >= 11 is 7.14. The maximum absolute atomic E-state index is 13.4. The molecular formula is C23H17ClFN5O3S. The van der Waals surface area contributed by atoms with E-state index in [1.54, 1.807) is 23.6 Å². The highest BCUT2D eigenvalue weighted by atomic mass is 35.5. The average Bonchev–Trinajstić information content (AvgIpc) is 3.61. The molecule has 0 radical (unpaired) electrons. The number of thiazole rings is 1. The highest BCUT2D eigenvalue weighted by Crippen LogP contribution is 2.32. The van der Waals surface area contributed by atoms with Crippen LogP contribution >= 0.6 is 22.9 Å². The summed E-state index contributed by atoms with van der Waals surface area (Å²) in [5.41, 5.74) is 1.47. The third-order valence-corrected chi connectivity index (χ3v) is 6.60. The van der Waals surface area contributed by atoms with E-state index in [0.29, 0.717) is 54.0 Å². The monoisotopic (exact) mass is 497 g/mol. The van der Waals surface area contributed by atoms with Gasteiger partial charge in [0, 0.05) is 30.0 Å². The molecule has 1 aromatic carbocycles. The first-order valence-electron chi connectivity index (χ1n) is 10.4. The highest BCUT2D eigenvalue weighted by molar-refractivity contribution is 7.14. The molecule has 5 rings (SSSR count). The fraction of sp³-hybridized carbons (Fsp3) is 0.217. The summed E-state index contributed by atoms with van der Waals surface area (Å²) < 4.78 is 24.5. The number of carbonyl (C=O) groups is 1. The summed E-state index contributed by atoms with van der Waals surface area (Å²) in [5.74, 6) is 0.260. The minimum Gasteiger partial charge on any atom is -0.459 e. The van der Waals surface area contributed by atoms with E-state index >= 15 is 0 Å². The summed E-state index contributed by atoms with van der Waals surface area (Å²) in [4.78, 5) is 23.4. The lowest BCUT2D eigenvalue weighted by molar-refractivity contribution is -0.120. The van der Waals surface area contributed by atoms with E-state index in [1.165, 1.54) is 29.7 Å². The Labute approximate surface area is 202 Å². The zero-order chi connectivity index (χ0) is 23.7. The van der Waals surface area contributed by atoms with Gasteiger partial charge in [-0.2, -0.15) is 10.2 Å². The number of amides is 1. The second-order valence-electron chi connectivity index (χ2n) is 7.68. The molecule has 0 atom stereocenters. The molecular weight excluding hydrogens is 481 g/mol. The largest absolute Gasteiger partial charge is 0.459 e. The number of carbonyl (C=O) groups excluding carboxylic acids is 1. The summed E-state index contributed by atoms with van der Waals surface area (Å²) in [6.45, 7) is 1.08. The van der Waals surface area contributed by atoms with Gasteiger partial charge in [0.25, 0.3) is 5.89 Å². The number of hydrogen-bond acceptors (Lipinski definition) is 8. The Hall–Kier alpha value is -3.68. The number of nitriles is 1. The number of hydrogen-bond donors (Lipinski definition) is 1. The Bertz CT molecular complexity index is 1370. The fourth-order valence-electron chi connectivity index (χ4n) is 3.78. The predicted molar refractivity (Wildman–Crippen MR) is 125 cm³/mol. The smallest absolute Gasteiger partial charge is 0.266 e.